The van der Waals surface area contributed by atoms with Gasteiger partial charge in [-0.1, -0.05) is 18.2 Å². The van der Waals surface area contributed by atoms with E-state index in [2.05, 4.69) is 35.5 Å². The highest BCUT2D eigenvalue weighted by molar-refractivity contribution is 6.02. The van der Waals surface area contributed by atoms with Gasteiger partial charge in [0.25, 0.3) is 0 Å². The molecule has 0 fully saturated rings. The number of carbonyl (C=O) groups is 1. The molecule has 0 radical (unpaired) electrons. The maximum absolute atomic E-state index is 12.2. The summed E-state index contributed by atoms with van der Waals surface area (Å²) in [4.78, 5) is 14.5. The van der Waals surface area contributed by atoms with E-state index < -0.39 is 0 Å². The molecule has 1 aliphatic rings. The number of hydrogen-bond acceptors (Lipinski definition) is 2. The lowest BCUT2D eigenvalue weighted by atomic mass is 9.99. The maximum Gasteiger partial charge on any atom is 0.248 e. The van der Waals surface area contributed by atoms with Gasteiger partial charge in [0.15, 0.2) is 0 Å². The molecule has 0 unspecified atom stereocenters. The highest BCUT2D eigenvalue weighted by Gasteiger charge is 2.13. The Morgan fingerprint density at radius 3 is 2.83 bits per heavy atom. The number of fused-ring (bicyclic) bond motifs is 1. The van der Waals surface area contributed by atoms with Crippen molar-refractivity contribution in [3.63, 3.8) is 0 Å². The first-order valence-corrected chi connectivity index (χ1v) is 8.43. The van der Waals surface area contributed by atoms with Crippen LogP contribution in [0.25, 0.3) is 6.08 Å². The predicted octanol–water partition coefficient (Wildman–Crippen LogP) is 4.34. The van der Waals surface area contributed by atoms with Gasteiger partial charge >= 0.3 is 0 Å². The number of nitrogens with zero attached hydrogens (tertiary/aromatic N) is 1. The Bertz CT molecular complexity index is 792. The molecule has 2 aromatic carbocycles. The van der Waals surface area contributed by atoms with Crippen LogP contribution in [0.2, 0.25) is 0 Å². The molecule has 0 saturated carbocycles. The number of nitrogens with one attached hydrogen (secondary N) is 1. The summed E-state index contributed by atoms with van der Waals surface area (Å²) in [5.41, 5.74) is 6.81. The van der Waals surface area contributed by atoms with Crippen LogP contribution in [0.15, 0.2) is 42.5 Å². The second kappa shape index (κ2) is 6.91. The van der Waals surface area contributed by atoms with Gasteiger partial charge in [-0.3, -0.25) is 4.79 Å². The third-order valence-corrected chi connectivity index (χ3v) is 4.53. The van der Waals surface area contributed by atoms with Gasteiger partial charge in [-0.2, -0.15) is 0 Å². The van der Waals surface area contributed by atoms with Gasteiger partial charge in [-0.25, -0.2) is 0 Å². The zero-order valence-electron chi connectivity index (χ0n) is 14.6. The van der Waals surface area contributed by atoms with Gasteiger partial charge in [0, 0.05) is 31.0 Å². The Labute approximate surface area is 144 Å². The fourth-order valence-corrected chi connectivity index (χ4v) is 3.13. The number of rotatable bonds is 3. The number of aryl methyl sites for hydroxylation is 3. The third kappa shape index (κ3) is 3.67. The molecular formula is C21H24N2O. The van der Waals surface area contributed by atoms with Crippen LogP contribution < -0.4 is 10.2 Å². The molecule has 0 saturated heterocycles. The first-order chi connectivity index (χ1) is 11.5. The molecule has 1 N–H and O–H groups in total. The summed E-state index contributed by atoms with van der Waals surface area (Å²) >= 11 is 0. The lowest BCUT2D eigenvalue weighted by molar-refractivity contribution is -0.111. The minimum absolute atomic E-state index is 0.0986. The van der Waals surface area contributed by atoms with Gasteiger partial charge in [0.2, 0.25) is 5.91 Å². The molecule has 0 aromatic heterocycles. The van der Waals surface area contributed by atoms with Crippen molar-refractivity contribution in [1.82, 2.24) is 0 Å². The van der Waals surface area contributed by atoms with E-state index in [4.69, 9.17) is 0 Å². The molecule has 0 aliphatic carbocycles. The largest absolute Gasteiger partial charge is 0.374 e. The molecule has 124 valence electrons. The zero-order valence-corrected chi connectivity index (χ0v) is 14.6. The summed E-state index contributed by atoms with van der Waals surface area (Å²) in [5.74, 6) is -0.0986. The van der Waals surface area contributed by atoms with Crippen LogP contribution in [0, 0.1) is 13.8 Å². The van der Waals surface area contributed by atoms with E-state index in [1.165, 1.54) is 17.7 Å². The molecule has 1 heterocycles. The smallest absolute Gasteiger partial charge is 0.248 e. The van der Waals surface area contributed by atoms with E-state index in [-0.39, 0.29) is 5.91 Å². The molecule has 1 amide bonds. The highest BCUT2D eigenvalue weighted by atomic mass is 16.1. The number of hydrogen-bond donors (Lipinski definition) is 1. The normalized spacial score (nSPS) is 13.9. The summed E-state index contributed by atoms with van der Waals surface area (Å²) in [6, 6.07) is 12.5. The van der Waals surface area contributed by atoms with Crippen molar-refractivity contribution in [2.24, 2.45) is 0 Å². The Morgan fingerprint density at radius 2 is 2.00 bits per heavy atom. The Kier molecular flexibility index (Phi) is 4.70. The topological polar surface area (TPSA) is 32.3 Å². The lowest BCUT2D eigenvalue weighted by Gasteiger charge is -2.27. The van der Waals surface area contributed by atoms with Crippen molar-refractivity contribution in [1.29, 1.82) is 0 Å². The minimum atomic E-state index is -0.0986. The third-order valence-electron chi connectivity index (χ3n) is 4.53. The molecule has 1 aliphatic heterocycles. The standard InChI is InChI=1S/C21H24N2O/c1-15-6-7-16(2)19(13-15)22-21(24)11-9-17-8-10-20-18(14-17)5-4-12-23(20)3/h6-11,13-14H,4-5,12H2,1-3H3,(H,22,24)/b11-9-. The number of benzene rings is 2. The van der Waals surface area contributed by atoms with E-state index in [1.807, 2.05) is 38.1 Å². The first kappa shape index (κ1) is 16.3. The Hall–Kier alpha value is -2.55. The van der Waals surface area contributed by atoms with Crippen molar-refractivity contribution in [3.05, 3.63) is 64.7 Å². The summed E-state index contributed by atoms with van der Waals surface area (Å²) in [5, 5.41) is 2.96. The molecule has 0 bridgehead atoms. The minimum Gasteiger partial charge on any atom is -0.374 e. The van der Waals surface area contributed by atoms with E-state index >= 15 is 0 Å². The van der Waals surface area contributed by atoms with E-state index in [9.17, 15) is 4.79 Å². The van der Waals surface area contributed by atoms with Gasteiger partial charge in [0.05, 0.1) is 0 Å². The average molecular weight is 320 g/mol. The van der Waals surface area contributed by atoms with Crippen LogP contribution in [0.3, 0.4) is 0 Å². The fraction of sp³-hybridized carbons (Fsp3) is 0.286. The van der Waals surface area contributed by atoms with Gasteiger partial charge in [-0.15, -0.1) is 0 Å². The van der Waals surface area contributed by atoms with Crippen LogP contribution in [-0.4, -0.2) is 19.5 Å². The Balaban J connectivity index is 1.71. The summed E-state index contributed by atoms with van der Waals surface area (Å²) in [6.07, 6.45) is 5.78. The first-order valence-electron chi connectivity index (χ1n) is 8.43. The van der Waals surface area contributed by atoms with E-state index in [1.54, 1.807) is 6.08 Å². The fourth-order valence-electron chi connectivity index (χ4n) is 3.13. The van der Waals surface area contributed by atoms with Crippen LogP contribution in [0.1, 0.15) is 28.7 Å². The average Bonchev–Trinajstić information content (AvgIpc) is 2.56. The van der Waals surface area contributed by atoms with Crippen molar-refractivity contribution < 1.29 is 4.79 Å². The summed E-state index contributed by atoms with van der Waals surface area (Å²) < 4.78 is 0. The highest BCUT2D eigenvalue weighted by Crippen LogP contribution is 2.27. The molecular weight excluding hydrogens is 296 g/mol. The van der Waals surface area contributed by atoms with Crippen LogP contribution >= 0.6 is 0 Å². The molecule has 0 atom stereocenters. The molecule has 3 rings (SSSR count). The SMILES string of the molecule is Cc1ccc(C)c(NC(=O)/C=C\c2ccc3c(c2)CCCN3C)c1. The van der Waals surface area contributed by atoms with Crippen molar-refractivity contribution in [2.75, 3.05) is 23.8 Å². The summed E-state index contributed by atoms with van der Waals surface area (Å²) in [6.45, 7) is 5.13. The lowest BCUT2D eigenvalue weighted by Crippen LogP contribution is -2.24. The van der Waals surface area contributed by atoms with E-state index in [0.717, 1.165) is 35.3 Å². The van der Waals surface area contributed by atoms with E-state index in [0.29, 0.717) is 0 Å². The Morgan fingerprint density at radius 1 is 1.17 bits per heavy atom. The molecule has 24 heavy (non-hydrogen) atoms. The van der Waals surface area contributed by atoms with Crippen LogP contribution in [0.4, 0.5) is 11.4 Å². The number of carbonyl (C=O) groups excluding carboxylic acids is 1. The van der Waals surface area contributed by atoms with Crippen molar-refractivity contribution in [3.8, 4) is 0 Å². The van der Waals surface area contributed by atoms with Gasteiger partial charge in [0.1, 0.15) is 0 Å². The number of amides is 1. The van der Waals surface area contributed by atoms with Crippen LogP contribution in [0.5, 0.6) is 0 Å². The predicted molar refractivity (Wildman–Crippen MR) is 102 cm³/mol. The van der Waals surface area contributed by atoms with Gasteiger partial charge in [-0.05, 0) is 73.2 Å². The molecule has 0 spiro atoms. The van der Waals surface area contributed by atoms with Crippen molar-refractivity contribution >= 4 is 23.4 Å². The molecule has 3 nitrogen and oxygen atoms in total. The zero-order chi connectivity index (χ0) is 17.1. The quantitative estimate of drug-likeness (QED) is 0.853. The number of anilines is 2. The maximum atomic E-state index is 12.2. The second-order valence-electron chi connectivity index (χ2n) is 6.55. The van der Waals surface area contributed by atoms with Crippen molar-refractivity contribution in [2.45, 2.75) is 26.7 Å². The van der Waals surface area contributed by atoms with Crippen LogP contribution in [-0.2, 0) is 11.2 Å². The second-order valence-corrected chi connectivity index (χ2v) is 6.55. The monoisotopic (exact) mass is 320 g/mol. The molecule has 3 heteroatoms. The summed E-state index contributed by atoms with van der Waals surface area (Å²) in [7, 11) is 2.13. The van der Waals surface area contributed by atoms with Gasteiger partial charge < -0.3 is 10.2 Å². The molecule has 2 aromatic rings.